The maximum absolute atomic E-state index is 12.4. The molecule has 5 heteroatoms. The standard InChI is InChI=1S/C20H20N2O3/c23-20(14-6-7-18-19(12-14)25-11-3-10-24-18)21-9-8-15-13-22-17-5-2-1-4-16(15)17/h1-2,4-7,12-13,22H,3,8-11H2,(H,21,23). The third kappa shape index (κ3) is 3.31. The van der Waals surface area contributed by atoms with Crippen LogP contribution in [-0.4, -0.2) is 30.6 Å². The molecule has 1 amide bonds. The van der Waals surface area contributed by atoms with Crippen molar-refractivity contribution >= 4 is 16.8 Å². The van der Waals surface area contributed by atoms with E-state index in [2.05, 4.69) is 22.4 Å². The highest BCUT2D eigenvalue weighted by Crippen LogP contribution is 2.30. The summed E-state index contributed by atoms with van der Waals surface area (Å²) in [7, 11) is 0. The molecular formula is C20H20N2O3. The second-order valence-corrected chi connectivity index (χ2v) is 6.08. The lowest BCUT2D eigenvalue weighted by Crippen LogP contribution is -2.25. The highest BCUT2D eigenvalue weighted by atomic mass is 16.5. The average molecular weight is 336 g/mol. The van der Waals surface area contributed by atoms with E-state index in [4.69, 9.17) is 9.47 Å². The largest absolute Gasteiger partial charge is 0.490 e. The van der Waals surface area contributed by atoms with Gasteiger partial charge in [-0.1, -0.05) is 18.2 Å². The maximum Gasteiger partial charge on any atom is 0.251 e. The second kappa shape index (κ2) is 6.89. The summed E-state index contributed by atoms with van der Waals surface area (Å²) in [6, 6.07) is 13.5. The second-order valence-electron chi connectivity index (χ2n) is 6.08. The van der Waals surface area contributed by atoms with Crippen LogP contribution >= 0.6 is 0 Å². The number of hydrogen-bond acceptors (Lipinski definition) is 3. The molecule has 0 saturated carbocycles. The van der Waals surface area contributed by atoms with Crippen LogP contribution in [0.2, 0.25) is 0 Å². The number of aromatic nitrogens is 1. The normalized spacial score (nSPS) is 13.4. The smallest absolute Gasteiger partial charge is 0.251 e. The molecule has 1 aliphatic heterocycles. The topological polar surface area (TPSA) is 63.4 Å². The Labute approximate surface area is 146 Å². The summed E-state index contributed by atoms with van der Waals surface area (Å²) in [4.78, 5) is 15.6. The summed E-state index contributed by atoms with van der Waals surface area (Å²) in [5.41, 5.74) is 2.91. The van der Waals surface area contributed by atoms with Gasteiger partial charge in [-0.05, 0) is 36.2 Å². The Hall–Kier alpha value is -2.95. The van der Waals surface area contributed by atoms with Crippen molar-refractivity contribution in [3.8, 4) is 11.5 Å². The molecule has 0 spiro atoms. The van der Waals surface area contributed by atoms with Crippen molar-refractivity contribution in [1.29, 1.82) is 0 Å². The average Bonchev–Trinajstić information content (AvgIpc) is 2.90. The minimum absolute atomic E-state index is 0.101. The highest BCUT2D eigenvalue weighted by Gasteiger charge is 2.14. The third-order valence-corrected chi connectivity index (χ3v) is 4.36. The lowest BCUT2D eigenvalue weighted by molar-refractivity contribution is 0.0953. The molecule has 0 bridgehead atoms. The van der Waals surface area contributed by atoms with Crippen LogP contribution in [0.5, 0.6) is 11.5 Å². The number of aromatic amines is 1. The molecular weight excluding hydrogens is 316 g/mol. The van der Waals surface area contributed by atoms with E-state index < -0.39 is 0 Å². The van der Waals surface area contributed by atoms with Gasteiger partial charge in [0.05, 0.1) is 13.2 Å². The number of amides is 1. The first-order valence-electron chi connectivity index (χ1n) is 8.54. The number of benzene rings is 2. The monoisotopic (exact) mass is 336 g/mol. The number of rotatable bonds is 4. The van der Waals surface area contributed by atoms with Gasteiger partial charge in [0.15, 0.2) is 11.5 Å². The zero-order valence-corrected chi connectivity index (χ0v) is 13.9. The lowest BCUT2D eigenvalue weighted by Gasteiger charge is -2.10. The van der Waals surface area contributed by atoms with Crippen LogP contribution in [0.1, 0.15) is 22.3 Å². The summed E-state index contributed by atoms with van der Waals surface area (Å²) < 4.78 is 11.2. The predicted octanol–water partition coefficient (Wildman–Crippen LogP) is 3.30. The Morgan fingerprint density at radius 2 is 1.92 bits per heavy atom. The van der Waals surface area contributed by atoms with Gasteiger partial charge < -0.3 is 19.8 Å². The van der Waals surface area contributed by atoms with Gasteiger partial charge in [-0.2, -0.15) is 0 Å². The molecule has 1 aromatic heterocycles. The molecule has 128 valence electrons. The summed E-state index contributed by atoms with van der Waals surface area (Å²) in [5, 5.41) is 4.18. The lowest BCUT2D eigenvalue weighted by atomic mass is 10.1. The summed E-state index contributed by atoms with van der Waals surface area (Å²) in [6.07, 6.45) is 3.63. The van der Waals surface area contributed by atoms with Crippen LogP contribution in [0.4, 0.5) is 0 Å². The number of para-hydroxylation sites is 1. The van der Waals surface area contributed by atoms with Crippen LogP contribution in [0.25, 0.3) is 10.9 Å². The van der Waals surface area contributed by atoms with Crippen molar-refractivity contribution in [2.45, 2.75) is 12.8 Å². The Bertz CT molecular complexity index is 901. The van der Waals surface area contributed by atoms with E-state index in [1.54, 1.807) is 18.2 Å². The van der Waals surface area contributed by atoms with E-state index in [0.29, 0.717) is 36.8 Å². The molecule has 0 atom stereocenters. The third-order valence-electron chi connectivity index (χ3n) is 4.36. The molecule has 0 radical (unpaired) electrons. The van der Waals surface area contributed by atoms with Crippen LogP contribution in [-0.2, 0) is 6.42 Å². The number of carbonyl (C=O) groups is 1. The zero-order valence-electron chi connectivity index (χ0n) is 13.9. The van der Waals surface area contributed by atoms with E-state index in [-0.39, 0.29) is 5.91 Å². The predicted molar refractivity (Wildman–Crippen MR) is 96.4 cm³/mol. The fourth-order valence-electron chi connectivity index (χ4n) is 3.06. The molecule has 0 saturated heterocycles. The Kier molecular flexibility index (Phi) is 4.29. The van der Waals surface area contributed by atoms with E-state index >= 15 is 0 Å². The molecule has 2 N–H and O–H groups in total. The van der Waals surface area contributed by atoms with Gasteiger partial charge in [0.2, 0.25) is 0 Å². The number of nitrogens with one attached hydrogen (secondary N) is 2. The van der Waals surface area contributed by atoms with E-state index in [0.717, 1.165) is 18.4 Å². The summed E-state index contributed by atoms with van der Waals surface area (Å²) in [5.74, 6) is 1.24. The number of hydrogen-bond donors (Lipinski definition) is 2. The molecule has 3 aromatic rings. The number of fused-ring (bicyclic) bond motifs is 2. The van der Waals surface area contributed by atoms with Crippen LogP contribution in [0.3, 0.4) is 0 Å². The molecule has 2 aromatic carbocycles. The van der Waals surface area contributed by atoms with Crippen molar-refractivity contribution in [1.82, 2.24) is 10.3 Å². The minimum atomic E-state index is -0.101. The fraction of sp³-hybridized carbons (Fsp3) is 0.250. The van der Waals surface area contributed by atoms with Crippen molar-refractivity contribution in [3.63, 3.8) is 0 Å². The minimum Gasteiger partial charge on any atom is -0.490 e. The molecule has 0 aliphatic carbocycles. The van der Waals surface area contributed by atoms with Gasteiger partial charge in [-0.25, -0.2) is 0 Å². The van der Waals surface area contributed by atoms with Gasteiger partial charge in [0.25, 0.3) is 5.91 Å². The number of carbonyl (C=O) groups excluding carboxylic acids is 1. The van der Waals surface area contributed by atoms with Crippen LogP contribution in [0, 0.1) is 0 Å². The zero-order chi connectivity index (χ0) is 17.1. The highest BCUT2D eigenvalue weighted by molar-refractivity contribution is 5.95. The number of ether oxygens (including phenoxy) is 2. The van der Waals surface area contributed by atoms with Crippen molar-refractivity contribution in [2.75, 3.05) is 19.8 Å². The summed E-state index contributed by atoms with van der Waals surface area (Å²) >= 11 is 0. The van der Waals surface area contributed by atoms with E-state index in [1.165, 1.54) is 10.9 Å². The van der Waals surface area contributed by atoms with Gasteiger partial charge >= 0.3 is 0 Å². The van der Waals surface area contributed by atoms with Gasteiger partial charge in [0.1, 0.15) is 0 Å². The van der Waals surface area contributed by atoms with E-state index in [1.807, 2.05) is 18.3 Å². The molecule has 4 rings (SSSR count). The molecule has 5 nitrogen and oxygen atoms in total. The Morgan fingerprint density at radius 1 is 1.08 bits per heavy atom. The molecule has 0 unspecified atom stereocenters. The summed E-state index contributed by atoms with van der Waals surface area (Å²) in [6.45, 7) is 1.83. The first-order chi connectivity index (χ1) is 12.3. The van der Waals surface area contributed by atoms with Gasteiger partial charge in [-0.15, -0.1) is 0 Å². The fourth-order valence-corrected chi connectivity index (χ4v) is 3.06. The first-order valence-corrected chi connectivity index (χ1v) is 8.54. The SMILES string of the molecule is O=C(NCCc1c[nH]c2ccccc12)c1ccc2c(c1)OCCCO2. The Balaban J connectivity index is 1.40. The van der Waals surface area contributed by atoms with Gasteiger partial charge in [0, 0.05) is 35.6 Å². The van der Waals surface area contributed by atoms with Gasteiger partial charge in [-0.3, -0.25) is 4.79 Å². The molecule has 0 fully saturated rings. The van der Waals surface area contributed by atoms with Crippen molar-refractivity contribution < 1.29 is 14.3 Å². The maximum atomic E-state index is 12.4. The van der Waals surface area contributed by atoms with Crippen molar-refractivity contribution in [3.05, 3.63) is 59.8 Å². The first kappa shape index (κ1) is 15.6. The van der Waals surface area contributed by atoms with Crippen LogP contribution < -0.4 is 14.8 Å². The van der Waals surface area contributed by atoms with E-state index in [9.17, 15) is 4.79 Å². The quantitative estimate of drug-likeness (QED) is 0.768. The molecule has 25 heavy (non-hydrogen) atoms. The molecule has 1 aliphatic rings. The number of H-pyrrole nitrogens is 1. The van der Waals surface area contributed by atoms with Crippen LogP contribution in [0.15, 0.2) is 48.7 Å². The molecule has 2 heterocycles. The van der Waals surface area contributed by atoms with Crippen molar-refractivity contribution in [2.24, 2.45) is 0 Å². The Morgan fingerprint density at radius 3 is 2.84 bits per heavy atom.